The van der Waals surface area contributed by atoms with Gasteiger partial charge in [0.1, 0.15) is 30.6 Å². The van der Waals surface area contributed by atoms with E-state index in [2.05, 4.69) is 11.7 Å². The summed E-state index contributed by atoms with van der Waals surface area (Å²) in [5.74, 6) is -3.08. The van der Waals surface area contributed by atoms with E-state index in [1.165, 1.54) is 0 Å². The average molecular weight is 605 g/mol. The van der Waals surface area contributed by atoms with Gasteiger partial charge >= 0.3 is 27.3 Å². The van der Waals surface area contributed by atoms with E-state index in [0.29, 0.717) is 38.5 Å². The van der Waals surface area contributed by atoms with E-state index in [4.69, 9.17) is 9.29 Å². The van der Waals surface area contributed by atoms with Gasteiger partial charge in [-0.15, -0.1) is 0 Å². The predicted molar refractivity (Wildman–Crippen MR) is 138 cm³/mol. The minimum absolute atomic E-state index is 0.000445. The SMILES string of the molecule is C[C@H](CCC(=O)OCCOC(=O)C(F)(F)S(=O)(=O)O)[C@H]1CC[C@H]2[C@@H]3C(=O)C[C@@H]4CC(=O)CC[C@]4(C)[C@H]3CC(=O)[C@]12C. The maximum Gasteiger partial charge on any atom is 0.465 e. The number of alkyl halides is 2. The minimum Gasteiger partial charge on any atom is -0.462 e. The molecule has 0 aromatic carbocycles. The van der Waals surface area contributed by atoms with Crippen LogP contribution in [0.5, 0.6) is 0 Å². The van der Waals surface area contributed by atoms with Crippen LogP contribution >= 0.6 is 0 Å². The lowest BCUT2D eigenvalue weighted by molar-refractivity contribution is -0.167. The molecule has 1 N–H and O–H groups in total. The minimum atomic E-state index is -5.99. The van der Waals surface area contributed by atoms with E-state index >= 15 is 0 Å². The van der Waals surface area contributed by atoms with Gasteiger partial charge < -0.3 is 9.47 Å². The maximum absolute atomic E-state index is 13.8. The molecular formula is C28H38F2O10S. The Morgan fingerprint density at radius 2 is 1.71 bits per heavy atom. The standard InChI is InChI=1S/C28H38F2O10S/c1-15(4-7-23(34)39-10-11-40-25(35)28(29,30)41(36,37)38)18-5-6-19-24-20(14-22(33)27(18,19)3)26(2)9-8-17(31)12-16(26)13-21(24)32/h15-16,18-20,24H,4-14H2,1-3H3,(H,36,37,38)/t15-,16+,18-,19+,20+,24+,26+,27-/m1/s1. The van der Waals surface area contributed by atoms with E-state index in [1.54, 1.807) is 0 Å². The summed E-state index contributed by atoms with van der Waals surface area (Å²) >= 11 is 0. The number of hydrogen-bond donors (Lipinski definition) is 1. The van der Waals surface area contributed by atoms with Crippen LogP contribution < -0.4 is 0 Å². The first-order chi connectivity index (χ1) is 18.9. The van der Waals surface area contributed by atoms with Gasteiger partial charge in [-0.3, -0.25) is 23.7 Å². The van der Waals surface area contributed by atoms with Crippen molar-refractivity contribution in [3.05, 3.63) is 0 Å². The summed E-state index contributed by atoms with van der Waals surface area (Å²) in [5, 5.41) is -5.13. The molecule has 8 atom stereocenters. The molecule has 4 aliphatic rings. The molecule has 4 saturated carbocycles. The van der Waals surface area contributed by atoms with Crippen molar-refractivity contribution in [1.29, 1.82) is 0 Å². The van der Waals surface area contributed by atoms with Crippen molar-refractivity contribution in [2.75, 3.05) is 13.2 Å². The number of esters is 2. The second kappa shape index (κ2) is 11.1. The number of carbonyl (C=O) groups excluding carboxylic acids is 5. The molecule has 0 bridgehead atoms. The summed E-state index contributed by atoms with van der Waals surface area (Å²) in [6, 6.07) is 0. The van der Waals surface area contributed by atoms with Gasteiger partial charge in [-0.25, -0.2) is 4.79 Å². The zero-order valence-corrected chi connectivity index (χ0v) is 24.3. The number of carbonyl (C=O) groups is 5. The van der Waals surface area contributed by atoms with Crippen LogP contribution in [0.25, 0.3) is 0 Å². The Morgan fingerprint density at radius 3 is 2.37 bits per heavy atom. The van der Waals surface area contributed by atoms with Crippen molar-refractivity contribution in [1.82, 2.24) is 0 Å². The van der Waals surface area contributed by atoms with Crippen molar-refractivity contribution >= 4 is 39.4 Å². The Bertz CT molecular complexity index is 1230. The summed E-state index contributed by atoms with van der Waals surface area (Å²) in [7, 11) is -5.99. The molecule has 0 aromatic heterocycles. The Morgan fingerprint density at radius 1 is 1.05 bits per heavy atom. The molecular weight excluding hydrogens is 566 g/mol. The van der Waals surface area contributed by atoms with Gasteiger partial charge in [0, 0.05) is 43.4 Å². The van der Waals surface area contributed by atoms with E-state index in [9.17, 15) is 41.2 Å². The molecule has 0 unspecified atom stereocenters. The monoisotopic (exact) mass is 604 g/mol. The molecule has 41 heavy (non-hydrogen) atoms. The predicted octanol–water partition coefficient (Wildman–Crippen LogP) is 3.56. The lowest BCUT2D eigenvalue weighted by atomic mass is 9.44. The molecule has 4 aliphatic carbocycles. The zero-order valence-electron chi connectivity index (χ0n) is 23.5. The van der Waals surface area contributed by atoms with Crippen molar-refractivity contribution in [3.8, 4) is 0 Å². The Balaban J connectivity index is 1.32. The van der Waals surface area contributed by atoms with Crippen LogP contribution in [-0.4, -0.2) is 60.7 Å². The number of ether oxygens (including phenoxy) is 2. The highest BCUT2D eigenvalue weighted by molar-refractivity contribution is 7.87. The molecule has 230 valence electrons. The fourth-order valence-corrected chi connectivity index (χ4v) is 8.76. The molecule has 4 rings (SSSR count). The van der Waals surface area contributed by atoms with Crippen LogP contribution in [0.2, 0.25) is 0 Å². The molecule has 0 aliphatic heterocycles. The van der Waals surface area contributed by atoms with Crippen molar-refractivity contribution in [2.45, 2.75) is 83.8 Å². The quantitative estimate of drug-likeness (QED) is 0.234. The number of halogens is 2. The van der Waals surface area contributed by atoms with E-state index in [1.807, 2.05) is 13.8 Å². The topological polar surface area (TPSA) is 158 Å². The largest absolute Gasteiger partial charge is 0.465 e. The van der Waals surface area contributed by atoms with Crippen molar-refractivity contribution < 1.29 is 55.2 Å². The lowest BCUT2D eigenvalue weighted by Gasteiger charge is -2.58. The van der Waals surface area contributed by atoms with Gasteiger partial charge in [0.15, 0.2) is 0 Å². The summed E-state index contributed by atoms with van der Waals surface area (Å²) < 4.78 is 64.9. The Kier molecular flexibility index (Phi) is 8.56. The van der Waals surface area contributed by atoms with E-state index in [-0.39, 0.29) is 64.7 Å². The van der Waals surface area contributed by atoms with Crippen LogP contribution in [-0.2, 0) is 43.6 Å². The molecule has 0 heterocycles. The third kappa shape index (κ3) is 5.48. The van der Waals surface area contributed by atoms with Crippen LogP contribution in [0.1, 0.15) is 78.6 Å². The van der Waals surface area contributed by atoms with Gasteiger partial charge in [0.2, 0.25) is 0 Å². The molecule has 0 amide bonds. The molecule has 0 aromatic rings. The number of ketones is 3. The average Bonchev–Trinajstić information content (AvgIpc) is 3.24. The molecule has 10 nitrogen and oxygen atoms in total. The number of fused-ring (bicyclic) bond motifs is 5. The summed E-state index contributed by atoms with van der Waals surface area (Å²) in [6.45, 7) is 4.67. The first-order valence-electron chi connectivity index (χ1n) is 14.2. The molecule has 0 saturated heterocycles. The van der Waals surface area contributed by atoms with Crippen LogP contribution in [0.3, 0.4) is 0 Å². The van der Waals surface area contributed by atoms with Crippen LogP contribution in [0.15, 0.2) is 0 Å². The number of rotatable bonds is 9. The van der Waals surface area contributed by atoms with Gasteiger partial charge in [0.25, 0.3) is 0 Å². The smallest absolute Gasteiger partial charge is 0.462 e. The van der Waals surface area contributed by atoms with E-state index < -0.39 is 45.9 Å². The maximum atomic E-state index is 13.8. The summed E-state index contributed by atoms with van der Waals surface area (Å²) in [6.07, 6.45) is 4.16. The molecule has 13 heteroatoms. The second-order valence-corrected chi connectivity index (χ2v) is 14.3. The van der Waals surface area contributed by atoms with E-state index in [0.717, 1.165) is 12.8 Å². The second-order valence-electron chi connectivity index (χ2n) is 12.8. The fraction of sp³-hybridized carbons (Fsp3) is 0.821. The number of Topliss-reactive ketones (excluding diaryl/α,β-unsaturated/α-hetero) is 3. The highest BCUT2D eigenvalue weighted by Crippen LogP contribution is 2.66. The summed E-state index contributed by atoms with van der Waals surface area (Å²) in [4.78, 5) is 62.9. The summed E-state index contributed by atoms with van der Waals surface area (Å²) in [5.41, 5.74) is -0.895. The molecule has 0 radical (unpaired) electrons. The Labute approximate surface area is 238 Å². The van der Waals surface area contributed by atoms with Gasteiger partial charge in [0.05, 0.1) is 0 Å². The highest BCUT2D eigenvalue weighted by atomic mass is 32.2. The molecule has 0 spiro atoms. The molecule has 4 fully saturated rings. The van der Waals surface area contributed by atoms with Gasteiger partial charge in [-0.05, 0) is 60.7 Å². The fourth-order valence-electron chi connectivity index (χ4n) is 8.49. The van der Waals surface area contributed by atoms with Crippen molar-refractivity contribution in [3.63, 3.8) is 0 Å². The third-order valence-electron chi connectivity index (χ3n) is 10.8. The van der Waals surface area contributed by atoms with Crippen LogP contribution in [0.4, 0.5) is 8.78 Å². The highest BCUT2D eigenvalue weighted by Gasteiger charge is 2.66. The first-order valence-corrected chi connectivity index (χ1v) is 15.6. The zero-order chi connectivity index (χ0) is 30.5. The number of hydrogen-bond acceptors (Lipinski definition) is 9. The lowest BCUT2D eigenvalue weighted by Crippen LogP contribution is -2.60. The third-order valence-corrected chi connectivity index (χ3v) is 11.7. The van der Waals surface area contributed by atoms with Crippen molar-refractivity contribution in [2.24, 2.45) is 46.3 Å². The van der Waals surface area contributed by atoms with Gasteiger partial charge in [-0.1, -0.05) is 20.8 Å². The first kappa shape index (κ1) is 31.7. The normalized spacial score (nSPS) is 36.1. The van der Waals surface area contributed by atoms with Crippen LogP contribution in [0, 0.1) is 46.3 Å². The Hall–Kier alpha value is -2.28. The van der Waals surface area contributed by atoms with Gasteiger partial charge in [-0.2, -0.15) is 17.2 Å².